The molecule has 2 aromatic carbocycles. The number of rotatable bonds is 11. The SMILES string of the molecule is CC(C)C(C(=O)N1CCC[C@H]1C(=O)N[C@H](Cc1ccc2ccccc2c1)C(=O)NCCCN)C(C)C. The largest absolute Gasteiger partial charge is 0.354 e. The molecule has 0 bridgehead atoms. The Balaban J connectivity index is 1.78. The van der Waals surface area contributed by atoms with Crippen LogP contribution in [0.2, 0.25) is 0 Å². The Labute approximate surface area is 215 Å². The maximum Gasteiger partial charge on any atom is 0.243 e. The van der Waals surface area contributed by atoms with Crippen molar-refractivity contribution in [2.75, 3.05) is 19.6 Å². The van der Waals surface area contributed by atoms with Crippen LogP contribution in [-0.4, -0.2) is 54.3 Å². The fourth-order valence-electron chi connectivity index (χ4n) is 5.35. The number of carbonyl (C=O) groups excluding carboxylic acids is 3. The Morgan fingerprint density at radius 2 is 1.72 bits per heavy atom. The van der Waals surface area contributed by atoms with E-state index in [1.54, 1.807) is 4.90 Å². The van der Waals surface area contributed by atoms with Gasteiger partial charge < -0.3 is 21.3 Å². The molecule has 3 rings (SSSR count). The third kappa shape index (κ3) is 6.84. The lowest BCUT2D eigenvalue weighted by Gasteiger charge is -2.32. The number of nitrogens with two attached hydrogens (primary N) is 1. The summed E-state index contributed by atoms with van der Waals surface area (Å²) in [6.45, 7) is 9.73. The van der Waals surface area contributed by atoms with Crippen LogP contribution in [0.1, 0.15) is 52.5 Å². The Kier molecular flexibility index (Phi) is 9.88. The molecule has 1 saturated heterocycles. The molecule has 4 N–H and O–H groups in total. The van der Waals surface area contributed by atoms with E-state index in [9.17, 15) is 14.4 Å². The van der Waals surface area contributed by atoms with Crippen LogP contribution >= 0.6 is 0 Å². The zero-order valence-electron chi connectivity index (χ0n) is 22.1. The number of carbonyl (C=O) groups is 3. The van der Waals surface area contributed by atoms with E-state index in [4.69, 9.17) is 5.73 Å². The van der Waals surface area contributed by atoms with Gasteiger partial charge in [0.05, 0.1) is 0 Å². The first kappa shape index (κ1) is 27.7. The van der Waals surface area contributed by atoms with Crippen molar-refractivity contribution >= 4 is 28.5 Å². The average Bonchev–Trinajstić information content (AvgIpc) is 3.33. The Morgan fingerprint density at radius 3 is 2.39 bits per heavy atom. The second kappa shape index (κ2) is 12.9. The molecule has 2 atom stereocenters. The minimum Gasteiger partial charge on any atom is -0.354 e. The van der Waals surface area contributed by atoms with Gasteiger partial charge in [0.25, 0.3) is 0 Å². The Bertz CT molecular complexity index is 1040. The van der Waals surface area contributed by atoms with Crippen molar-refractivity contribution in [3.05, 3.63) is 48.0 Å². The normalized spacial score (nSPS) is 16.7. The van der Waals surface area contributed by atoms with Gasteiger partial charge in [0.15, 0.2) is 0 Å². The van der Waals surface area contributed by atoms with Gasteiger partial charge >= 0.3 is 0 Å². The third-order valence-corrected chi connectivity index (χ3v) is 7.13. The highest BCUT2D eigenvalue weighted by atomic mass is 16.2. The van der Waals surface area contributed by atoms with Crippen LogP contribution in [0, 0.1) is 17.8 Å². The van der Waals surface area contributed by atoms with Crippen LogP contribution in [0.5, 0.6) is 0 Å². The van der Waals surface area contributed by atoms with E-state index in [-0.39, 0.29) is 35.5 Å². The number of fused-ring (bicyclic) bond motifs is 1. The molecule has 7 heteroatoms. The molecule has 36 heavy (non-hydrogen) atoms. The first-order valence-electron chi connectivity index (χ1n) is 13.3. The minimum atomic E-state index is -0.736. The van der Waals surface area contributed by atoms with Gasteiger partial charge in [0.1, 0.15) is 12.1 Å². The van der Waals surface area contributed by atoms with Crippen LogP contribution < -0.4 is 16.4 Å². The van der Waals surface area contributed by atoms with Gasteiger partial charge in [-0.2, -0.15) is 0 Å². The summed E-state index contributed by atoms with van der Waals surface area (Å²) in [7, 11) is 0. The molecular weight excluding hydrogens is 452 g/mol. The topological polar surface area (TPSA) is 105 Å². The molecule has 3 amide bonds. The summed E-state index contributed by atoms with van der Waals surface area (Å²) in [5, 5.41) is 8.11. The van der Waals surface area contributed by atoms with E-state index >= 15 is 0 Å². The second-order valence-electron chi connectivity index (χ2n) is 10.6. The molecule has 7 nitrogen and oxygen atoms in total. The van der Waals surface area contributed by atoms with E-state index in [1.807, 2.05) is 36.4 Å². The quantitative estimate of drug-likeness (QED) is 0.417. The maximum absolute atomic E-state index is 13.5. The lowest BCUT2D eigenvalue weighted by Crippen LogP contribution is -2.55. The molecule has 2 aromatic rings. The van der Waals surface area contributed by atoms with Gasteiger partial charge in [-0.25, -0.2) is 0 Å². The number of nitrogens with zero attached hydrogens (tertiary/aromatic N) is 1. The molecule has 0 aliphatic carbocycles. The van der Waals surface area contributed by atoms with Crippen LogP contribution in [0.4, 0.5) is 0 Å². The molecule has 1 fully saturated rings. The number of hydrogen-bond donors (Lipinski definition) is 3. The van der Waals surface area contributed by atoms with Gasteiger partial charge in [0.2, 0.25) is 17.7 Å². The number of hydrogen-bond acceptors (Lipinski definition) is 4. The molecule has 0 radical (unpaired) electrons. The number of benzene rings is 2. The lowest BCUT2D eigenvalue weighted by atomic mass is 9.84. The summed E-state index contributed by atoms with van der Waals surface area (Å²) in [6, 6.07) is 12.9. The van der Waals surface area contributed by atoms with Crippen LogP contribution in [0.15, 0.2) is 42.5 Å². The average molecular weight is 495 g/mol. The van der Waals surface area contributed by atoms with Gasteiger partial charge in [-0.15, -0.1) is 0 Å². The highest BCUT2D eigenvalue weighted by Crippen LogP contribution is 2.28. The summed E-state index contributed by atoms with van der Waals surface area (Å²) >= 11 is 0. The van der Waals surface area contributed by atoms with Gasteiger partial charge in [-0.1, -0.05) is 70.2 Å². The van der Waals surface area contributed by atoms with E-state index in [0.29, 0.717) is 38.9 Å². The number of amides is 3. The monoisotopic (exact) mass is 494 g/mol. The molecule has 196 valence electrons. The predicted octanol–water partition coefficient (Wildman–Crippen LogP) is 3.25. The first-order chi connectivity index (χ1) is 17.2. The van der Waals surface area contributed by atoms with Crippen LogP contribution in [0.25, 0.3) is 10.8 Å². The second-order valence-corrected chi connectivity index (χ2v) is 10.6. The van der Waals surface area contributed by atoms with E-state index in [1.165, 1.54) is 0 Å². The zero-order valence-corrected chi connectivity index (χ0v) is 22.1. The summed E-state index contributed by atoms with van der Waals surface area (Å²) < 4.78 is 0. The Morgan fingerprint density at radius 1 is 1.03 bits per heavy atom. The fraction of sp³-hybridized carbons (Fsp3) is 0.552. The number of nitrogens with one attached hydrogen (secondary N) is 2. The highest BCUT2D eigenvalue weighted by molar-refractivity contribution is 5.93. The minimum absolute atomic E-state index is 0.0381. The van der Waals surface area contributed by atoms with Crippen molar-refractivity contribution in [1.29, 1.82) is 0 Å². The molecule has 0 unspecified atom stereocenters. The van der Waals surface area contributed by atoms with Gasteiger partial charge in [-0.3, -0.25) is 14.4 Å². The molecule has 0 spiro atoms. The maximum atomic E-state index is 13.5. The van der Waals surface area contributed by atoms with Crippen molar-refractivity contribution in [3.63, 3.8) is 0 Å². The van der Waals surface area contributed by atoms with Crippen molar-refractivity contribution in [3.8, 4) is 0 Å². The third-order valence-electron chi connectivity index (χ3n) is 7.13. The van der Waals surface area contributed by atoms with E-state index in [0.717, 1.165) is 22.8 Å². The predicted molar refractivity (Wildman–Crippen MR) is 144 cm³/mol. The summed E-state index contributed by atoms with van der Waals surface area (Å²) in [5.41, 5.74) is 6.55. The first-order valence-corrected chi connectivity index (χ1v) is 13.3. The van der Waals surface area contributed by atoms with Crippen LogP contribution in [0.3, 0.4) is 0 Å². The Hall–Kier alpha value is -2.93. The standard InChI is InChI=1S/C29H42N4O3/c1-19(2)26(20(3)4)29(36)33-16-7-11-25(33)28(35)32-24(27(34)31-15-8-14-30)18-21-12-13-22-9-5-6-10-23(22)17-21/h5-6,9-10,12-13,17,19-20,24-26H,7-8,11,14-16,18,30H2,1-4H3,(H,31,34)(H,32,35)/t24-,25+/m1/s1. The van der Waals surface area contributed by atoms with Gasteiger partial charge in [-0.05, 0) is 54.0 Å². The van der Waals surface area contributed by atoms with E-state index < -0.39 is 12.1 Å². The number of likely N-dealkylation sites (tertiary alicyclic amines) is 1. The fourth-order valence-corrected chi connectivity index (χ4v) is 5.35. The molecular formula is C29H42N4O3. The smallest absolute Gasteiger partial charge is 0.243 e. The van der Waals surface area contributed by atoms with E-state index in [2.05, 4.69) is 44.4 Å². The van der Waals surface area contributed by atoms with Gasteiger partial charge in [0, 0.05) is 25.4 Å². The van der Waals surface area contributed by atoms with Crippen LogP contribution in [-0.2, 0) is 20.8 Å². The zero-order chi connectivity index (χ0) is 26.2. The summed E-state index contributed by atoms with van der Waals surface area (Å²) in [5.74, 6) is -0.205. The molecule has 1 aliphatic rings. The molecule has 1 aliphatic heterocycles. The lowest BCUT2D eigenvalue weighted by molar-refractivity contribution is -0.144. The highest BCUT2D eigenvalue weighted by Gasteiger charge is 2.39. The van der Waals surface area contributed by atoms with Crippen molar-refractivity contribution in [2.45, 2.75) is 65.5 Å². The molecule has 1 heterocycles. The summed E-state index contributed by atoms with van der Waals surface area (Å²) in [6.07, 6.45) is 2.42. The molecule has 0 aromatic heterocycles. The molecule has 0 saturated carbocycles. The van der Waals surface area contributed by atoms with Crippen molar-refractivity contribution in [2.24, 2.45) is 23.5 Å². The van der Waals surface area contributed by atoms with Crippen molar-refractivity contribution < 1.29 is 14.4 Å². The summed E-state index contributed by atoms with van der Waals surface area (Å²) in [4.78, 5) is 41.7. The van der Waals surface area contributed by atoms with Crippen molar-refractivity contribution in [1.82, 2.24) is 15.5 Å².